The van der Waals surface area contributed by atoms with Crippen molar-refractivity contribution in [2.24, 2.45) is 0 Å². The first kappa shape index (κ1) is 33.1. The molecule has 0 atom stereocenters. The van der Waals surface area contributed by atoms with E-state index in [4.69, 9.17) is 0 Å². The number of hydrogen-bond acceptors (Lipinski definition) is 12. The zero-order chi connectivity index (χ0) is 30.5. The Morgan fingerprint density at radius 1 is 0.690 bits per heavy atom. The normalized spacial score (nSPS) is 16.7. The molecule has 3 rings (SSSR count). The van der Waals surface area contributed by atoms with Gasteiger partial charge in [-0.25, -0.2) is 0 Å². The fourth-order valence-electron chi connectivity index (χ4n) is 4.45. The number of amides is 1. The Balaban J connectivity index is 1.67. The Hall–Kier alpha value is -3.39. The van der Waals surface area contributed by atoms with Crippen LogP contribution in [0.15, 0.2) is 24.5 Å². The molecule has 1 aliphatic heterocycles. The highest BCUT2D eigenvalue weighted by molar-refractivity contribution is 14.1. The number of rotatable bonds is 11. The van der Waals surface area contributed by atoms with Gasteiger partial charge in [0.2, 0.25) is 11.7 Å². The van der Waals surface area contributed by atoms with Crippen LogP contribution >= 0.6 is 22.6 Å². The van der Waals surface area contributed by atoms with Crippen molar-refractivity contribution in [3.05, 3.63) is 33.7 Å². The Morgan fingerprint density at radius 2 is 1.12 bits per heavy atom. The van der Waals surface area contributed by atoms with Crippen molar-refractivity contribution in [2.75, 3.05) is 78.5 Å². The van der Waals surface area contributed by atoms with Gasteiger partial charge in [0.05, 0.1) is 26.2 Å². The highest BCUT2D eigenvalue weighted by Gasteiger charge is 2.21. The van der Waals surface area contributed by atoms with Crippen LogP contribution < -0.4 is 5.32 Å². The summed E-state index contributed by atoms with van der Waals surface area (Å²) >= 11 is 2.16. The molecule has 1 fully saturated rings. The third kappa shape index (κ3) is 12.2. The third-order valence-electron chi connectivity index (χ3n) is 6.49. The predicted molar refractivity (Wildman–Crippen MR) is 156 cm³/mol. The van der Waals surface area contributed by atoms with E-state index in [1.165, 1.54) is 6.33 Å². The molecule has 0 radical (unpaired) electrons. The van der Waals surface area contributed by atoms with Crippen molar-refractivity contribution in [3.63, 3.8) is 0 Å². The van der Waals surface area contributed by atoms with Crippen LogP contribution in [0.25, 0.3) is 11.4 Å². The molecule has 17 heteroatoms. The van der Waals surface area contributed by atoms with Crippen molar-refractivity contribution >= 4 is 46.4 Å². The van der Waals surface area contributed by atoms with Gasteiger partial charge >= 0.3 is 17.9 Å². The minimum atomic E-state index is -1.02. The second-order valence-electron chi connectivity index (χ2n) is 9.78. The standard InChI is InChI=1S/C25H34IN9O7/c26-20-10-18(9-19(11-20)25-30-28-17-29-31-25)12-27-21(36)13-32-1-3-33(14-22(37)38)5-7-35(16-24(41)42)8-6-34(4-2-32)15-23(39)40/h9-11,17H,1-8,12-16H2,(H,27,36)(H,37,38)(H,39,40)(H,41,42). The first-order valence-electron chi connectivity index (χ1n) is 13.2. The van der Waals surface area contributed by atoms with Crippen molar-refractivity contribution in [1.82, 2.24) is 45.3 Å². The number of aliphatic carboxylic acids is 3. The number of carbonyl (C=O) groups excluding carboxylic acids is 1. The van der Waals surface area contributed by atoms with E-state index in [1.807, 2.05) is 23.1 Å². The molecule has 4 N–H and O–H groups in total. The van der Waals surface area contributed by atoms with Crippen LogP contribution in [0.1, 0.15) is 5.56 Å². The molecule has 2 aromatic rings. The Kier molecular flexibility index (Phi) is 13.3. The third-order valence-corrected chi connectivity index (χ3v) is 7.11. The largest absolute Gasteiger partial charge is 0.480 e. The van der Waals surface area contributed by atoms with Crippen molar-refractivity contribution < 1.29 is 34.5 Å². The fourth-order valence-corrected chi connectivity index (χ4v) is 5.18. The minimum Gasteiger partial charge on any atom is -0.480 e. The van der Waals surface area contributed by atoms with E-state index >= 15 is 0 Å². The molecule has 0 aliphatic carbocycles. The van der Waals surface area contributed by atoms with Crippen LogP contribution in [-0.2, 0) is 25.7 Å². The quantitative estimate of drug-likeness (QED) is 0.200. The van der Waals surface area contributed by atoms with Gasteiger partial charge in [0.25, 0.3) is 0 Å². The lowest BCUT2D eigenvalue weighted by atomic mass is 10.1. The summed E-state index contributed by atoms with van der Waals surface area (Å²) < 4.78 is 0.920. The maximum absolute atomic E-state index is 13.0. The molecule has 42 heavy (non-hydrogen) atoms. The van der Waals surface area contributed by atoms with Crippen LogP contribution in [0.4, 0.5) is 0 Å². The van der Waals surface area contributed by atoms with E-state index in [1.54, 1.807) is 14.7 Å². The number of aromatic nitrogens is 4. The number of nitrogens with zero attached hydrogens (tertiary/aromatic N) is 8. The van der Waals surface area contributed by atoms with Crippen LogP contribution in [0, 0.1) is 3.57 Å². The van der Waals surface area contributed by atoms with E-state index in [2.05, 4.69) is 48.3 Å². The van der Waals surface area contributed by atoms with E-state index in [0.29, 0.717) is 63.7 Å². The summed E-state index contributed by atoms with van der Waals surface area (Å²) in [6, 6.07) is 5.65. The number of carboxylic acid groups (broad SMARTS) is 3. The van der Waals surface area contributed by atoms with Crippen LogP contribution in [-0.4, -0.2) is 158 Å². The lowest BCUT2D eigenvalue weighted by molar-refractivity contribution is -0.140. The molecule has 16 nitrogen and oxygen atoms in total. The monoisotopic (exact) mass is 699 g/mol. The maximum Gasteiger partial charge on any atom is 0.317 e. The van der Waals surface area contributed by atoms with Crippen LogP contribution in [0.3, 0.4) is 0 Å². The topological polar surface area (TPSA) is 206 Å². The maximum atomic E-state index is 13.0. The molecule has 1 aromatic heterocycles. The molecular weight excluding hydrogens is 665 g/mol. The zero-order valence-electron chi connectivity index (χ0n) is 22.9. The van der Waals surface area contributed by atoms with Gasteiger partial charge < -0.3 is 20.6 Å². The first-order valence-corrected chi connectivity index (χ1v) is 14.3. The van der Waals surface area contributed by atoms with Gasteiger partial charge in [-0.1, -0.05) is 0 Å². The summed E-state index contributed by atoms with van der Waals surface area (Å²) in [4.78, 5) is 54.2. The molecule has 228 valence electrons. The summed E-state index contributed by atoms with van der Waals surface area (Å²) in [6.07, 6.45) is 1.24. The van der Waals surface area contributed by atoms with Crippen LogP contribution in [0.5, 0.6) is 0 Å². The number of carbonyl (C=O) groups is 4. The average molecular weight is 700 g/mol. The fraction of sp³-hybridized carbons (Fsp3) is 0.520. The van der Waals surface area contributed by atoms with E-state index in [-0.39, 0.29) is 38.6 Å². The molecular formula is C25H34IN9O7. The molecule has 0 bridgehead atoms. The highest BCUT2D eigenvalue weighted by atomic mass is 127. The van der Waals surface area contributed by atoms with Crippen LogP contribution in [0.2, 0.25) is 0 Å². The van der Waals surface area contributed by atoms with Gasteiger partial charge in [-0.2, -0.15) is 0 Å². The lowest BCUT2D eigenvalue weighted by Crippen LogP contribution is -2.49. The van der Waals surface area contributed by atoms with E-state index < -0.39 is 17.9 Å². The molecule has 0 spiro atoms. The summed E-state index contributed by atoms with van der Waals surface area (Å²) in [5, 5.41) is 46.4. The summed E-state index contributed by atoms with van der Waals surface area (Å²) in [5.41, 5.74) is 1.55. The predicted octanol–water partition coefficient (Wildman–Crippen LogP) is -1.37. The molecule has 0 unspecified atom stereocenters. The summed E-state index contributed by atoms with van der Waals surface area (Å²) in [7, 11) is 0. The smallest absolute Gasteiger partial charge is 0.317 e. The summed E-state index contributed by atoms with van der Waals surface area (Å²) in [6.45, 7) is 2.21. The molecule has 1 aromatic carbocycles. The van der Waals surface area contributed by atoms with Crippen molar-refractivity contribution in [2.45, 2.75) is 6.54 Å². The van der Waals surface area contributed by atoms with E-state index in [0.717, 1.165) is 9.13 Å². The average Bonchev–Trinajstić information content (AvgIpc) is 2.92. The molecule has 1 aliphatic rings. The second kappa shape index (κ2) is 16.9. The molecule has 1 saturated heterocycles. The highest BCUT2D eigenvalue weighted by Crippen LogP contribution is 2.19. The van der Waals surface area contributed by atoms with Gasteiger partial charge in [-0.3, -0.25) is 38.8 Å². The molecule has 0 saturated carbocycles. The number of hydrogen-bond donors (Lipinski definition) is 4. The second-order valence-corrected chi connectivity index (χ2v) is 11.0. The van der Waals surface area contributed by atoms with Gasteiger partial charge in [0, 0.05) is 68.0 Å². The number of benzene rings is 1. The van der Waals surface area contributed by atoms with Crippen molar-refractivity contribution in [1.29, 1.82) is 0 Å². The Morgan fingerprint density at radius 3 is 1.55 bits per heavy atom. The number of carboxylic acids is 3. The minimum absolute atomic E-state index is 0.0272. The Labute approximate surface area is 255 Å². The SMILES string of the molecule is O=C(O)CN1CCN(CC(=O)O)CCN(CC(=O)NCc2cc(I)cc(-c3nncnn3)c2)CCN(CC(=O)O)CC1. The first-order chi connectivity index (χ1) is 20.1. The zero-order valence-corrected chi connectivity index (χ0v) is 25.1. The number of halogens is 1. The van der Waals surface area contributed by atoms with E-state index in [9.17, 15) is 34.5 Å². The Bertz CT molecular complexity index is 1190. The number of nitrogens with one attached hydrogen (secondary N) is 1. The lowest BCUT2D eigenvalue weighted by Gasteiger charge is -2.32. The van der Waals surface area contributed by atoms with Crippen molar-refractivity contribution in [3.8, 4) is 11.4 Å². The van der Waals surface area contributed by atoms with Gasteiger partial charge in [-0.15, -0.1) is 20.4 Å². The van der Waals surface area contributed by atoms with Gasteiger partial charge in [0.15, 0.2) is 6.33 Å². The molecule has 2 heterocycles. The van der Waals surface area contributed by atoms with Gasteiger partial charge in [-0.05, 0) is 46.4 Å². The summed E-state index contributed by atoms with van der Waals surface area (Å²) in [5.74, 6) is -2.91. The molecule has 1 amide bonds. The van der Waals surface area contributed by atoms with Gasteiger partial charge in [0.1, 0.15) is 0 Å².